The summed E-state index contributed by atoms with van der Waals surface area (Å²) in [5.74, 6) is 0.258. The summed E-state index contributed by atoms with van der Waals surface area (Å²) in [5, 5.41) is 0. The Balaban J connectivity index is 1.40. The zero-order chi connectivity index (χ0) is 26.8. The smallest absolute Gasteiger partial charge is 0.340 e. The molecule has 9 nitrogen and oxygen atoms in total. The second-order valence-electron chi connectivity index (χ2n) is 10.5. The van der Waals surface area contributed by atoms with Gasteiger partial charge in [0.2, 0.25) is 0 Å². The molecule has 1 fully saturated rings. The van der Waals surface area contributed by atoms with Crippen LogP contribution >= 0.6 is 0 Å². The second-order valence-corrected chi connectivity index (χ2v) is 10.5. The quantitative estimate of drug-likeness (QED) is 0.367. The van der Waals surface area contributed by atoms with E-state index in [-0.39, 0.29) is 6.04 Å². The molecule has 198 valence electrons. The van der Waals surface area contributed by atoms with E-state index in [1.54, 1.807) is 43.8 Å². The highest BCUT2D eigenvalue weighted by Gasteiger charge is 2.74. The summed E-state index contributed by atoms with van der Waals surface area (Å²) in [4.78, 5) is 37.2. The molecule has 5 atom stereocenters. The molecule has 7 rings (SSSR count). The summed E-state index contributed by atoms with van der Waals surface area (Å²) >= 11 is 0. The largest absolute Gasteiger partial charge is 0.493 e. The summed E-state index contributed by atoms with van der Waals surface area (Å²) in [5.41, 5.74) is 0.942. The Bertz CT molecular complexity index is 1500. The predicted octanol–water partition coefficient (Wildman–Crippen LogP) is 3.14. The van der Waals surface area contributed by atoms with Gasteiger partial charge >= 0.3 is 11.9 Å². The Morgan fingerprint density at radius 2 is 1.79 bits per heavy atom. The minimum atomic E-state index is -1.07. The van der Waals surface area contributed by atoms with E-state index in [0.717, 1.165) is 17.7 Å². The number of carbonyl (C=O) groups is 2. The maximum atomic E-state index is 13.6. The van der Waals surface area contributed by atoms with Crippen molar-refractivity contribution in [1.82, 2.24) is 14.9 Å². The van der Waals surface area contributed by atoms with Gasteiger partial charge in [0, 0.05) is 30.4 Å². The van der Waals surface area contributed by atoms with Crippen molar-refractivity contribution in [3.05, 3.63) is 95.6 Å². The first kappa shape index (κ1) is 23.8. The van der Waals surface area contributed by atoms with Crippen LogP contribution in [-0.2, 0) is 21.3 Å². The van der Waals surface area contributed by atoms with Crippen molar-refractivity contribution in [3.8, 4) is 11.5 Å². The van der Waals surface area contributed by atoms with Crippen LogP contribution in [0, 0.1) is 0 Å². The van der Waals surface area contributed by atoms with E-state index in [2.05, 4.69) is 28.0 Å². The monoisotopic (exact) mass is 525 g/mol. The van der Waals surface area contributed by atoms with Gasteiger partial charge in [0.25, 0.3) is 0 Å². The normalized spacial score (nSPS) is 29.6. The van der Waals surface area contributed by atoms with Crippen LogP contribution in [0.2, 0.25) is 0 Å². The average molecular weight is 526 g/mol. The van der Waals surface area contributed by atoms with Gasteiger partial charge in [-0.1, -0.05) is 6.07 Å². The van der Waals surface area contributed by atoms with E-state index in [4.69, 9.17) is 18.9 Å². The first-order valence-electron chi connectivity index (χ1n) is 13.0. The fraction of sp³-hybridized carbons (Fsp3) is 0.333. The van der Waals surface area contributed by atoms with E-state index in [1.807, 2.05) is 18.2 Å². The van der Waals surface area contributed by atoms with Gasteiger partial charge < -0.3 is 18.9 Å². The lowest BCUT2D eigenvalue weighted by Crippen LogP contribution is -2.76. The fourth-order valence-corrected chi connectivity index (χ4v) is 7.05. The van der Waals surface area contributed by atoms with Crippen molar-refractivity contribution in [3.63, 3.8) is 0 Å². The Morgan fingerprint density at radius 1 is 1.05 bits per heavy atom. The van der Waals surface area contributed by atoms with E-state index in [9.17, 15) is 9.59 Å². The van der Waals surface area contributed by atoms with Crippen LogP contribution in [0.5, 0.6) is 11.5 Å². The molecule has 1 saturated heterocycles. The first-order valence-corrected chi connectivity index (χ1v) is 13.0. The fourth-order valence-electron chi connectivity index (χ4n) is 7.05. The zero-order valence-corrected chi connectivity index (χ0v) is 21.6. The second kappa shape index (κ2) is 8.64. The van der Waals surface area contributed by atoms with Gasteiger partial charge in [0.1, 0.15) is 0 Å². The van der Waals surface area contributed by atoms with Crippen molar-refractivity contribution >= 4 is 11.9 Å². The SMILES string of the molecule is COc1ccc2c3c1O[C@H]1[C@@H](OC(=O)c4cccnc4)C=C[C@@]4(OC(=O)c5cccnc5)[C@@H](C2)N(C)CC[C@]314. The Morgan fingerprint density at radius 3 is 2.49 bits per heavy atom. The molecule has 0 amide bonds. The predicted molar refractivity (Wildman–Crippen MR) is 139 cm³/mol. The lowest BCUT2D eigenvalue weighted by molar-refractivity contribution is -0.156. The number of methoxy groups -OCH3 is 1. The standard InChI is InChI=1S/C30H27N3O6/c1-33-14-11-29-24-18-7-8-21(36-2)25(24)38-26(29)22(37-27(34)19-5-3-12-31-16-19)9-10-30(29,23(33)15-18)39-28(35)20-6-4-13-32-17-20/h3-10,12-13,16-17,22-23,26H,11,14-15H2,1-2H3/t22-,23+,26-,29-,30+/m0/s1. The van der Waals surface area contributed by atoms with Gasteiger partial charge in [-0.05, 0) is 74.5 Å². The molecule has 2 aliphatic heterocycles. The van der Waals surface area contributed by atoms with Crippen molar-refractivity contribution in [2.24, 2.45) is 0 Å². The third-order valence-corrected chi connectivity index (χ3v) is 8.73. The van der Waals surface area contributed by atoms with Gasteiger partial charge in [0.05, 0.1) is 29.7 Å². The number of piperidine rings is 1. The number of benzene rings is 1. The number of esters is 2. The Kier molecular flexibility index (Phi) is 5.28. The minimum absolute atomic E-state index is 0.156. The summed E-state index contributed by atoms with van der Waals surface area (Å²) in [6, 6.07) is 10.6. The molecule has 0 radical (unpaired) electrons. The topological polar surface area (TPSA) is 100 Å². The molecule has 0 saturated carbocycles. The molecule has 1 spiro atoms. The zero-order valence-electron chi connectivity index (χ0n) is 21.6. The highest BCUT2D eigenvalue weighted by Crippen LogP contribution is 2.65. The number of likely N-dealkylation sites (tertiary alicyclic amines) is 1. The van der Waals surface area contributed by atoms with Crippen LogP contribution < -0.4 is 9.47 Å². The maximum Gasteiger partial charge on any atom is 0.340 e. The van der Waals surface area contributed by atoms with Gasteiger partial charge in [-0.2, -0.15) is 0 Å². The first-order chi connectivity index (χ1) is 19.0. The number of aromatic nitrogens is 2. The van der Waals surface area contributed by atoms with Gasteiger partial charge in [-0.25, -0.2) is 9.59 Å². The van der Waals surface area contributed by atoms with Crippen molar-refractivity contribution in [2.45, 2.75) is 42.1 Å². The maximum absolute atomic E-state index is 13.6. The number of nitrogens with zero attached hydrogens (tertiary/aromatic N) is 3. The van der Waals surface area contributed by atoms with E-state index in [1.165, 1.54) is 12.4 Å². The lowest BCUT2D eigenvalue weighted by Gasteiger charge is -2.62. The molecular weight excluding hydrogens is 498 g/mol. The molecular formula is C30H27N3O6. The van der Waals surface area contributed by atoms with E-state index < -0.39 is 35.2 Å². The van der Waals surface area contributed by atoms with Crippen molar-refractivity contribution in [2.75, 3.05) is 20.7 Å². The van der Waals surface area contributed by atoms with Crippen LogP contribution in [0.4, 0.5) is 0 Å². The number of rotatable bonds is 5. The molecule has 1 aromatic carbocycles. The molecule has 2 bridgehead atoms. The molecule has 0 N–H and O–H groups in total. The molecule has 2 aromatic heterocycles. The number of likely N-dealkylation sites (N-methyl/N-ethyl adjacent to an activating group) is 1. The van der Waals surface area contributed by atoms with Crippen LogP contribution in [0.3, 0.4) is 0 Å². The van der Waals surface area contributed by atoms with Crippen LogP contribution in [-0.4, -0.2) is 71.4 Å². The highest BCUT2D eigenvalue weighted by molar-refractivity contribution is 5.90. The summed E-state index contributed by atoms with van der Waals surface area (Å²) in [6.07, 6.45) is 9.87. The molecule has 2 aliphatic carbocycles. The Hall–Kier alpha value is -4.24. The number of ether oxygens (including phenoxy) is 4. The van der Waals surface area contributed by atoms with Gasteiger partial charge in [-0.3, -0.25) is 14.9 Å². The van der Waals surface area contributed by atoms with Crippen molar-refractivity contribution in [1.29, 1.82) is 0 Å². The van der Waals surface area contributed by atoms with Crippen LogP contribution in [0.1, 0.15) is 38.3 Å². The Labute approximate surface area is 225 Å². The molecule has 39 heavy (non-hydrogen) atoms. The molecule has 4 aliphatic rings. The molecule has 4 heterocycles. The third kappa shape index (κ3) is 3.22. The molecule has 3 aromatic rings. The number of pyridine rings is 2. The average Bonchev–Trinajstić information content (AvgIpc) is 3.33. The van der Waals surface area contributed by atoms with Crippen LogP contribution in [0.15, 0.2) is 73.3 Å². The van der Waals surface area contributed by atoms with E-state index >= 15 is 0 Å². The minimum Gasteiger partial charge on any atom is -0.493 e. The van der Waals surface area contributed by atoms with Gasteiger partial charge in [0.15, 0.2) is 29.3 Å². The van der Waals surface area contributed by atoms with E-state index in [0.29, 0.717) is 35.5 Å². The molecule has 0 unspecified atom stereocenters. The summed E-state index contributed by atoms with van der Waals surface area (Å²) < 4.78 is 25.1. The van der Waals surface area contributed by atoms with Gasteiger partial charge in [-0.15, -0.1) is 0 Å². The number of hydrogen-bond acceptors (Lipinski definition) is 9. The molecule has 9 heteroatoms. The summed E-state index contributed by atoms with van der Waals surface area (Å²) in [6.45, 7) is 0.754. The highest BCUT2D eigenvalue weighted by atomic mass is 16.6. The third-order valence-electron chi connectivity index (χ3n) is 8.73. The lowest BCUT2D eigenvalue weighted by atomic mass is 9.50. The van der Waals surface area contributed by atoms with Crippen LogP contribution in [0.25, 0.3) is 0 Å². The number of carbonyl (C=O) groups excluding carboxylic acids is 2. The number of hydrogen-bond donors (Lipinski definition) is 0. The summed E-state index contributed by atoms with van der Waals surface area (Å²) in [7, 11) is 3.66. The van der Waals surface area contributed by atoms with Crippen molar-refractivity contribution < 1.29 is 28.5 Å².